The number of benzene rings is 1. The number of nitrogens with one attached hydrogen (secondary N) is 1. The minimum Gasteiger partial charge on any atom is -0.315 e. The van der Waals surface area contributed by atoms with Gasteiger partial charge in [0.1, 0.15) is 5.82 Å². The molecule has 0 radical (unpaired) electrons. The van der Waals surface area contributed by atoms with Gasteiger partial charge in [0.05, 0.1) is 0 Å². The van der Waals surface area contributed by atoms with Gasteiger partial charge in [-0.3, -0.25) is 4.90 Å². The summed E-state index contributed by atoms with van der Waals surface area (Å²) in [7, 11) is 2.07. The highest BCUT2D eigenvalue weighted by Crippen LogP contribution is 2.17. The van der Waals surface area contributed by atoms with Crippen LogP contribution in [0.1, 0.15) is 12.0 Å². The van der Waals surface area contributed by atoms with E-state index >= 15 is 0 Å². The second-order valence-electron chi connectivity index (χ2n) is 4.34. The van der Waals surface area contributed by atoms with Crippen LogP contribution in [0, 0.1) is 5.82 Å². The SMILES string of the molecule is CN(Cc1cc(F)cc(Cl)c1)C1CCNC1.Cl. The van der Waals surface area contributed by atoms with Gasteiger partial charge in [-0.2, -0.15) is 0 Å². The van der Waals surface area contributed by atoms with E-state index in [0.29, 0.717) is 11.1 Å². The fraction of sp³-hybridized carbons (Fsp3) is 0.500. The van der Waals surface area contributed by atoms with Crippen LogP contribution in [-0.2, 0) is 6.54 Å². The summed E-state index contributed by atoms with van der Waals surface area (Å²) in [4.78, 5) is 2.24. The molecule has 1 fully saturated rings. The highest BCUT2D eigenvalue weighted by molar-refractivity contribution is 6.30. The number of nitrogens with zero attached hydrogens (tertiary/aromatic N) is 1. The summed E-state index contributed by atoms with van der Waals surface area (Å²) < 4.78 is 13.1. The third-order valence-electron chi connectivity index (χ3n) is 3.01. The maximum absolute atomic E-state index is 13.1. The number of hydrogen-bond donors (Lipinski definition) is 1. The maximum Gasteiger partial charge on any atom is 0.125 e. The van der Waals surface area contributed by atoms with Gasteiger partial charge in [0.15, 0.2) is 0 Å². The molecule has 2 nitrogen and oxygen atoms in total. The first-order chi connectivity index (χ1) is 7.65. The summed E-state index contributed by atoms with van der Waals surface area (Å²) in [5.74, 6) is -0.263. The predicted molar refractivity (Wildman–Crippen MR) is 71.4 cm³/mol. The minimum atomic E-state index is -0.263. The van der Waals surface area contributed by atoms with Gasteiger partial charge in [0.25, 0.3) is 0 Å². The monoisotopic (exact) mass is 278 g/mol. The zero-order chi connectivity index (χ0) is 11.5. The molecular formula is C12H17Cl2FN2. The lowest BCUT2D eigenvalue weighted by molar-refractivity contribution is 0.248. The van der Waals surface area contributed by atoms with Crippen molar-refractivity contribution in [3.05, 3.63) is 34.6 Å². The molecule has 0 bridgehead atoms. The predicted octanol–water partition coefficient (Wildman–Crippen LogP) is 2.69. The van der Waals surface area contributed by atoms with E-state index in [9.17, 15) is 4.39 Å². The largest absolute Gasteiger partial charge is 0.315 e. The molecular weight excluding hydrogens is 262 g/mol. The van der Waals surface area contributed by atoms with Crippen molar-refractivity contribution in [2.75, 3.05) is 20.1 Å². The second kappa shape index (κ2) is 6.55. The number of hydrogen-bond acceptors (Lipinski definition) is 2. The normalized spacial score (nSPS) is 19.4. The molecule has 0 saturated carbocycles. The Kier molecular flexibility index (Phi) is 5.67. The molecule has 1 aromatic carbocycles. The summed E-state index contributed by atoms with van der Waals surface area (Å²) in [6.45, 7) is 2.82. The van der Waals surface area contributed by atoms with Crippen LogP contribution < -0.4 is 5.32 Å². The summed E-state index contributed by atoms with van der Waals surface area (Å²) in [5, 5.41) is 3.79. The van der Waals surface area contributed by atoms with Crippen LogP contribution in [0.2, 0.25) is 5.02 Å². The first-order valence-corrected chi connectivity index (χ1v) is 5.89. The van der Waals surface area contributed by atoms with Crippen LogP contribution >= 0.6 is 24.0 Å². The first-order valence-electron chi connectivity index (χ1n) is 5.51. The molecule has 5 heteroatoms. The topological polar surface area (TPSA) is 15.3 Å². The fourth-order valence-electron chi connectivity index (χ4n) is 2.13. The highest BCUT2D eigenvalue weighted by atomic mass is 35.5. The van der Waals surface area contributed by atoms with E-state index in [-0.39, 0.29) is 18.2 Å². The Hall–Kier alpha value is -0.350. The number of rotatable bonds is 3. The average molecular weight is 279 g/mol. The lowest BCUT2D eigenvalue weighted by Crippen LogP contribution is -2.32. The van der Waals surface area contributed by atoms with Crippen molar-refractivity contribution in [3.8, 4) is 0 Å². The van der Waals surface area contributed by atoms with E-state index in [2.05, 4.69) is 17.3 Å². The van der Waals surface area contributed by atoms with E-state index < -0.39 is 0 Å². The Labute approximate surface area is 113 Å². The van der Waals surface area contributed by atoms with Gasteiger partial charge in [-0.15, -0.1) is 12.4 Å². The van der Waals surface area contributed by atoms with Gasteiger partial charge in [-0.25, -0.2) is 4.39 Å². The summed E-state index contributed by atoms with van der Waals surface area (Å²) >= 11 is 5.82. The molecule has 1 aromatic rings. The molecule has 1 unspecified atom stereocenters. The average Bonchev–Trinajstić information content (AvgIpc) is 2.68. The van der Waals surface area contributed by atoms with Crippen molar-refractivity contribution < 1.29 is 4.39 Å². The zero-order valence-electron chi connectivity index (χ0n) is 9.75. The molecule has 0 amide bonds. The van der Waals surface area contributed by atoms with E-state index in [0.717, 1.165) is 31.6 Å². The van der Waals surface area contributed by atoms with Crippen molar-refractivity contribution in [2.24, 2.45) is 0 Å². The van der Waals surface area contributed by atoms with Crippen LogP contribution in [-0.4, -0.2) is 31.1 Å². The zero-order valence-corrected chi connectivity index (χ0v) is 11.3. The number of likely N-dealkylation sites (N-methyl/N-ethyl adjacent to an activating group) is 1. The Balaban J connectivity index is 0.00000144. The van der Waals surface area contributed by atoms with Crippen LogP contribution in [0.15, 0.2) is 18.2 Å². The molecule has 0 aliphatic carbocycles. The molecule has 96 valence electrons. The Morgan fingerprint density at radius 2 is 2.24 bits per heavy atom. The lowest BCUT2D eigenvalue weighted by Gasteiger charge is -2.23. The quantitative estimate of drug-likeness (QED) is 0.915. The number of halogens is 3. The molecule has 2 rings (SSSR count). The van der Waals surface area contributed by atoms with Crippen molar-refractivity contribution in [3.63, 3.8) is 0 Å². The Bertz CT molecular complexity index is 347. The highest BCUT2D eigenvalue weighted by Gasteiger charge is 2.19. The molecule has 1 atom stereocenters. The van der Waals surface area contributed by atoms with Crippen molar-refractivity contribution >= 4 is 24.0 Å². The second-order valence-corrected chi connectivity index (χ2v) is 4.78. The molecule has 1 aliphatic heterocycles. The summed E-state index contributed by atoms with van der Waals surface area (Å²) in [6.07, 6.45) is 1.15. The van der Waals surface area contributed by atoms with Crippen molar-refractivity contribution in [1.82, 2.24) is 10.2 Å². The molecule has 1 N–H and O–H groups in total. The standard InChI is InChI=1S/C12H16ClFN2.ClH/c1-16(12-2-3-15-7-12)8-9-4-10(13)6-11(14)5-9;/h4-6,12,15H,2-3,7-8H2,1H3;1H. The minimum absolute atomic E-state index is 0. The van der Waals surface area contributed by atoms with Crippen molar-refractivity contribution in [1.29, 1.82) is 0 Å². The Morgan fingerprint density at radius 1 is 1.47 bits per heavy atom. The smallest absolute Gasteiger partial charge is 0.125 e. The molecule has 0 aromatic heterocycles. The Morgan fingerprint density at radius 3 is 2.82 bits per heavy atom. The van der Waals surface area contributed by atoms with Crippen LogP contribution in [0.3, 0.4) is 0 Å². The van der Waals surface area contributed by atoms with Gasteiger partial charge in [0.2, 0.25) is 0 Å². The van der Waals surface area contributed by atoms with Crippen LogP contribution in [0.4, 0.5) is 4.39 Å². The first kappa shape index (κ1) is 14.7. The third-order valence-corrected chi connectivity index (χ3v) is 3.23. The summed E-state index contributed by atoms with van der Waals surface area (Å²) in [5.41, 5.74) is 0.930. The lowest BCUT2D eigenvalue weighted by atomic mass is 10.1. The third kappa shape index (κ3) is 4.11. The van der Waals surface area contributed by atoms with Gasteiger partial charge < -0.3 is 5.32 Å². The van der Waals surface area contributed by atoms with Gasteiger partial charge in [0, 0.05) is 24.2 Å². The fourth-order valence-corrected chi connectivity index (χ4v) is 2.38. The van der Waals surface area contributed by atoms with Gasteiger partial charge in [-0.05, 0) is 43.8 Å². The van der Waals surface area contributed by atoms with Crippen LogP contribution in [0.25, 0.3) is 0 Å². The maximum atomic E-state index is 13.1. The van der Waals surface area contributed by atoms with E-state index in [4.69, 9.17) is 11.6 Å². The summed E-state index contributed by atoms with van der Waals surface area (Å²) in [6, 6.07) is 5.25. The van der Waals surface area contributed by atoms with E-state index in [1.807, 2.05) is 6.07 Å². The van der Waals surface area contributed by atoms with Crippen LogP contribution in [0.5, 0.6) is 0 Å². The molecule has 0 spiro atoms. The molecule has 1 saturated heterocycles. The van der Waals surface area contributed by atoms with E-state index in [1.54, 1.807) is 6.07 Å². The van der Waals surface area contributed by atoms with Gasteiger partial charge >= 0.3 is 0 Å². The van der Waals surface area contributed by atoms with E-state index in [1.165, 1.54) is 6.07 Å². The molecule has 1 aliphatic rings. The molecule has 1 heterocycles. The molecule has 17 heavy (non-hydrogen) atoms. The van der Waals surface area contributed by atoms with Crippen molar-refractivity contribution in [2.45, 2.75) is 19.0 Å². The van der Waals surface area contributed by atoms with Gasteiger partial charge in [-0.1, -0.05) is 11.6 Å².